The number of nitriles is 1. The maximum Gasteiger partial charge on any atom is 0.334 e. The first-order valence-electron chi connectivity index (χ1n) is 5.17. The van der Waals surface area contributed by atoms with Gasteiger partial charge in [-0.1, -0.05) is 27.5 Å². The van der Waals surface area contributed by atoms with Crippen LogP contribution in [0.1, 0.15) is 11.1 Å². The van der Waals surface area contributed by atoms with E-state index >= 15 is 0 Å². The van der Waals surface area contributed by atoms with Crippen molar-refractivity contribution in [1.29, 1.82) is 5.26 Å². The summed E-state index contributed by atoms with van der Waals surface area (Å²) in [4.78, 5) is 26.3. The van der Waals surface area contributed by atoms with Gasteiger partial charge in [0.15, 0.2) is 0 Å². The van der Waals surface area contributed by atoms with Gasteiger partial charge in [0.2, 0.25) is 0 Å². The largest absolute Gasteiger partial charge is 0.334 e. The van der Waals surface area contributed by atoms with Gasteiger partial charge >= 0.3 is 5.69 Å². The van der Waals surface area contributed by atoms with E-state index in [0.717, 1.165) is 4.57 Å². The van der Waals surface area contributed by atoms with E-state index in [1.165, 1.54) is 19.1 Å². The first-order valence-corrected chi connectivity index (χ1v) is 6.34. The van der Waals surface area contributed by atoms with Crippen LogP contribution in [0.4, 0.5) is 0 Å². The number of hydrogen-bond donors (Lipinski definition) is 1. The molecule has 96 valence electrons. The van der Waals surface area contributed by atoms with Gasteiger partial charge in [0.25, 0.3) is 5.56 Å². The Labute approximate surface area is 121 Å². The molecule has 0 spiro atoms. The van der Waals surface area contributed by atoms with E-state index in [0.29, 0.717) is 4.47 Å². The number of hydrogen-bond acceptors (Lipinski definition) is 3. The van der Waals surface area contributed by atoms with E-state index in [9.17, 15) is 9.59 Å². The molecule has 7 heteroatoms. The molecule has 1 heterocycles. The lowest BCUT2D eigenvalue weighted by atomic mass is 10.2. The maximum atomic E-state index is 12.1. The van der Waals surface area contributed by atoms with Gasteiger partial charge < -0.3 is 0 Å². The van der Waals surface area contributed by atoms with Crippen LogP contribution in [0.5, 0.6) is 0 Å². The summed E-state index contributed by atoms with van der Waals surface area (Å²) in [6.45, 7) is 1.50. The molecule has 0 aliphatic carbocycles. The number of rotatable bonds is 1. The van der Waals surface area contributed by atoms with Gasteiger partial charge in [-0.05, 0) is 25.1 Å². The van der Waals surface area contributed by atoms with E-state index in [-0.39, 0.29) is 22.0 Å². The Morgan fingerprint density at radius 1 is 1.42 bits per heavy atom. The highest BCUT2D eigenvalue weighted by molar-refractivity contribution is 9.10. The van der Waals surface area contributed by atoms with Crippen LogP contribution in [0, 0.1) is 18.3 Å². The lowest BCUT2D eigenvalue weighted by Gasteiger charge is -2.08. The fourth-order valence-electron chi connectivity index (χ4n) is 1.61. The Morgan fingerprint density at radius 2 is 2.11 bits per heavy atom. The van der Waals surface area contributed by atoms with Crippen LogP contribution in [-0.4, -0.2) is 9.55 Å². The van der Waals surface area contributed by atoms with E-state index in [2.05, 4.69) is 20.9 Å². The number of H-pyrrole nitrogens is 1. The van der Waals surface area contributed by atoms with Crippen molar-refractivity contribution in [2.75, 3.05) is 0 Å². The quantitative estimate of drug-likeness (QED) is 0.808. The van der Waals surface area contributed by atoms with Crippen molar-refractivity contribution < 1.29 is 0 Å². The molecule has 1 N–H and O–H groups in total. The molecule has 0 aliphatic heterocycles. The summed E-state index contributed by atoms with van der Waals surface area (Å²) in [6, 6.07) is 6.65. The molecule has 0 saturated heterocycles. The third-order valence-electron chi connectivity index (χ3n) is 2.59. The summed E-state index contributed by atoms with van der Waals surface area (Å²) in [7, 11) is 0. The van der Waals surface area contributed by atoms with Crippen LogP contribution in [0.25, 0.3) is 5.69 Å². The van der Waals surface area contributed by atoms with Crippen molar-refractivity contribution >= 4 is 27.5 Å². The molecule has 19 heavy (non-hydrogen) atoms. The van der Waals surface area contributed by atoms with Crippen LogP contribution in [0.2, 0.25) is 5.15 Å². The van der Waals surface area contributed by atoms with Crippen LogP contribution < -0.4 is 11.2 Å². The fraction of sp³-hybridized carbons (Fsp3) is 0.0833. The molecule has 0 bridgehead atoms. The first-order chi connectivity index (χ1) is 8.95. The van der Waals surface area contributed by atoms with Gasteiger partial charge in [0, 0.05) is 4.47 Å². The Morgan fingerprint density at radius 3 is 2.74 bits per heavy atom. The van der Waals surface area contributed by atoms with Crippen molar-refractivity contribution in [1.82, 2.24) is 9.55 Å². The molecule has 0 atom stereocenters. The molecule has 0 aliphatic rings. The van der Waals surface area contributed by atoms with E-state index in [1.807, 2.05) is 6.07 Å². The molecule has 1 aromatic carbocycles. The Hall–Kier alpha value is -1.84. The molecule has 2 aromatic rings. The zero-order chi connectivity index (χ0) is 14.2. The van der Waals surface area contributed by atoms with Crippen LogP contribution >= 0.6 is 27.5 Å². The van der Waals surface area contributed by atoms with E-state index in [1.54, 1.807) is 6.07 Å². The van der Waals surface area contributed by atoms with Gasteiger partial charge in [0.1, 0.15) is 11.2 Å². The van der Waals surface area contributed by atoms with Crippen LogP contribution in [0.15, 0.2) is 32.3 Å². The molecular formula is C12H7BrClN3O2. The molecule has 0 saturated carbocycles. The van der Waals surface area contributed by atoms with Gasteiger partial charge in [-0.3, -0.25) is 9.78 Å². The topological polar surface area (TPSA) is 78.7 Å². The highest BCUT2D eigenvalue weighted by atomic mass is 79.9. The normalized spacial score (nSPS) is 10.2. The number of aromatic amines is 1. The average molecular weight is 341 g/mol. The second-order valence-electron chi connectivity index (χ2n) is 3.78. The molecule has 5 nitrogen and oxygen atoms in total. The minimum absolute atomic E-state index is 0.00173. The molecule has 0 unspecified atom stereocenters. The van der Waals surface area contributed by atoms with Gasteiger partial charge in [0.05, 0.1) is 16.8 Å². The molecule has 0 amide bonds. The fourth-order valence-corrected chi connectivity index (χ4v) is 2.13. The van der Waals surface area contributed by atoms with Crippen molar-refractivity contribution in [3.63, 3.8) is 0 Å². The highest BCUT2D eigenvalue weighted by Gasteiger charge is 2.13. The predicted octanol–water partition coefficient (Wildman–Crippen LogP) is 2.12. The summed E-state index contributed by atoms with van der Waals surface area (Å²) in [5, 5.41) is 9.09. The smallest absolute Gasteiger partial charge is 0.297 e. The summed E-state index contributed by atoms with van der Waals surface area (Å²) in [5.74, 6) is 0. The lowest BCUT2D eigenvalue weighted by Crippen LogP contribution is -2.35. The Kier molecular flexibility index (Phi) is 3.60. The second-order valence-corrected chi connectivity index (χ2v) is 5.08. The van der Waals surface area contributed by atoms with Crippen molar-refractivity contribution in [3.05, 3.63) is 59.8 Å². The minimum atomic E-state index is -0.681. The Balaban J connectivity index is 2.89. The second kappa shape index (κ2) is 5.03. The van der Waals surface area contributed by atoms with Crippen molar-refractivity contribution in [2.24, 2.45) is 0 Å². The third-order valence-corrected chi connectivity index (χ3v) is 3.46. The van der Waals surface area contributed by atoms with Gasteiger partial charge in [-0.15, -0.1) is 0 Å². The summed E-state index contributed by atoms with van der Waals surface area (Å²) >= 11 is 8.96. The number of nitrogens with one attached hydrogen (secondary N) is 1. The molecule has 0 radical (unpaired) electrons. The predicted molar refractivity (Wildman–Crippen MR) is 74.8 cm³/mol. The summed E-state index contributed by atoms with van der Waals surface area (Å²) in [6.07, 6.45) is 0. The summed E-state index contributed by atoms with van der Waals surface area (Å²) < 4.78 is 1.58. The molecule has 1 aromatic heterocycles. The average Bonchev–Trinajstić information content (AvgIpc) is 2.37. The zero-order valence-electron chi connectivity index (χ0n) is 9.70. The summed E-state index contributed by atoms with van der Waals surface area (Å²) in [5.41, 5.74) is -0.583. The molecule has 2 rings (SSSR count). The number of aromatic nitrogens is 2. The van der Waals surface area contributed by atoms with Crippen LogP contribution in [0.3, 0.4) is 0 Å². The Bertz CT molecular complexity index is 817. The number of halogens is 2. The molecule has 0 fully saturated rings. The number of nitrogens with zero attached hydrogens (tertiary/aromatic N) is 2. The van der Waals surface area contributed by atoms with Gasteiger partial charge in [-0.2, -0.15) is 5.26 Å². The molecular weight excluding hydrogens is 334 g/mol. The van der Waals surface area contributed by atoms with E-state index < -0.39 is 11.2 Å². The first kappa shape index (κ1) is 13.6. The standard InChI is InChI=1S/C12H7BrClN3O2/c1-6-10(14)16-12(19)17(11(6)18)9-3-2-8(13)4-7(9)5-15/h2-4H,1H3,(H,16,19). The SMILES string of the molecule is Cc1c(Cl)[nH]c(=O)n(-c2ccc(Br)cc2C#N)c1=O. The van der Waals surface area contributed by atoms with E-state index in [4.69, 9.17) is 16.9 Å². The lowest BCUT2D eigenvalue weighted by molar-refractivity contribution is 0.857. The van der Waals surface area contributed by atoms with Crippen molar-refractivity contribution in [3.8, 4) is 11.8 Å². The highest BCUT2D eigenvalue weighted by Crippen LogP contribution is 2.18. The third kappa shape index (κ3) is 2.35. The van der Waals surface area contributed by atoms with Crippen LogP contribution in [-0.2, 0) is 0 Å². The van der Waals surface area contributed by atoms with Gasteiger partial charge in [-0.25, -0.2) is 9.36 Å². The zero-order valence-corrected chi connectivity index (χ0v) is 12.0. The monoisotopic (exact) mass is 339 g/mol. The minimum Gasteiger partial charge on any atom is -0.297 e. The number of benzene rings is 1. The van der Waals surface area contributed by atoms with Crippen molar-refractivity contribution in [2.45, 2.75) is 6.92 Å². The maximum absolute atomic E-state index is 12.1.